The number of H-pyrrole nitrogens is 1. The van der Waals surface area contributed by atoms with E-state index in [-0.39, 0.29) is 11.7 Å². The summed E-state index contributed by atoms with van der Waals surface area (Å²) >= 11 is 0. The van der Waals surface area contributed by atoms with Crippen LogP contribution < -0.4 is 0 Å². The minimum absolute atomic E-state index is 0.0886. The molecule has 0 amide bonds. The van der Waals surface area contributed by atoms with Crippen molar-refractivity contribution < 1.29 is 9.84 Å². The Balaban J connectivity index is 1.35. The molecule has 2 aromatic heterocycles. The molecule has 2 N–H and O–H groups in total. The molecule has 32 heavy (non-hydrogen) atoms. The van der Waals surface area contributed by atoms with Crippen molar-refractivity contribution in [2.24, 2.45) is 0 Å². The van der Waals surface area contributed by atoms with Crippen LogP contribution in [0.25, 0.3) is 22.2 Å². The zero-order chi connectivity index (χ0) is 22.1. The van der Waals surface area contributed by atoms with Crippen molar-refractivity contribution in [2.75, 3.05) is 40.3 Å². The number of aromatic amines is 1. The van der Waals surface area contributed by atoms with Gasteiger partial charge in [-0.15, -0.1) is 0 Å². The summed E-state index contributed by atoms with van der Waals surface area (Å²) in [6.45, 7) is 5.53. The second kappa shape index (κ2) is 8.81. The van der Waals surface area contributed by atoms with Crippen LogP contribution in [0.1, 0.15) is 23.5 Å². The quantitative estimate of drug-likeness (QED) is 0.627. The number of rotatable bonds is 5. The van der Waals surface area contributed by atoms with Crippen molar-refractivity contribution in [2.45, 2.75) is 18.9 Å². The highest BCUT2D eigenvalue weighted by Crippen LogP contribution is 2.35. The number of nitrogens with one attached hydrogen (secondary N) is 1. The summed E-state index contributed by atoms with van der Waals surface area (Å²) in [6, 6.07) is 11.1. The molecule has 0 bridgehead atoms. The number of aliphatic hydroxyl groups excluding tert-OH is 1. The van der Waals surface area contributed by atoms with Gasteiger partial charge in [0.05, 0.1) is 7.11 Å². The number of methoxy groups -OCH3 is 1. The number of fused-ring (bicyclic) bond motifs is 1. The van der Waals surface area contributed by atoms with Gasteiger partial charge in [-0.3, -0.25) is 4.90 Å². The SMILES string of the molecule is COC1=C(O)CC(c2c[nH]c3ncc(-c4ccc(CN5CCN(C)CC5)cc4)cc23)C=C1. The van der Waals surface area contributed by atoms with Gasteiger partial charge in [0.15, 0.2) is 5.76 Å². The fourth-order valence-electron chi connectivity index (χ4n) is 4.63. The molecule has 1 aromatic carbocycles. The van der Waals surface area contributed by atoms with Gasteiger partial charge in [-0.05, 0) is 35.9 Å². The molecule has 166 valence electrons. The molecule has 2 aliphatic rings. The summed E-state index contributed by atoms with van der Waals surface area (Å²) in [6.07, 6.45) is 8.38. The number of aromatic nitrogens is 2. The van der Waals surface area contributed by atoms with Crippen LogP contribution in [0.15, 0.2) is 66.4 Å². The van der Waals surface area contributed by atoms with Gasteiger partial charge in [0.1, 0.15) is 11.4 Å². The topological polar surface area (TPSA) is 64.6 Å². The summed E-state index contributed by atoms with van der Waals surface area (Å²) in [4.78, 5) is 12.8. The molecule has 0 radical (unpaired) electrons. The molecule has 6 heteroatoms. The summed E-state index contributed by atoms with van der Waals surface area (Å²) in [5.74, 6) is 0.914. The molecule has 0 spiro atoms. The van der Waals surface area contributed by atoms with Crippen LogP contribution in [0, 0.1) is 0 Å². The maximum absolute atomic E-state index is 10.3. The largest absolute Gasteiger partial charge is 0.508 e. The van der Waals surface area contributed by atoms with Gasteiger partial charge in [-0.1, -0.05) is 30.3 Å². The Morgan fingerprint density at radius 1 is 1.12 bits per heavy atom. The van der Waals surface area contributed by atoms with Gasteiger partial charge in [-0.25, -0.2) is 4.98 Å². The molecule has 3 aromatic rings. The van der Waals surface area contributed by atoms with Crippen LogP contribution in [-0.4, -0.2) is 65.2 Å². The van der Waals surface area contributed by atoms with Gasteiger partial charge in [0.2, 0.25) is 0 Å². The van der Waals surface area contributed by atoms with Gasteiger partial charge in [-0.2, -0.15) is 0 Å². The molecule has 1 aliphatic heterocycles. The number of ether oxygens (including phenoxy) is 1. The highest BCUT2D eigenvalue weighted by molar-refractivity contribution is 5.85. The molecule has 3 heterocycles. The van der Waals surface area contributed by atoms with Gasteiger partial charge >= 0.3 is 0 Å². The van der Waals surface area contributed by atoms with Crippen molar-refractivity contribution in [1.29, 1.82) is 0 Å². The van der Waals surface area contributed by atoms with Crippen LogP contribution in [0.4, 0.5) is 0 Å². The number of benzene rings is 1. The molecule has 6 nitrogen and oxygen atoms in total. The number of hydrogen-bond acceptors (Lipinski definition) is 5. The minimum Gasteiger partial charge on any atom is -0.508 e. The van der Waals surface area contributed by atoms with Gasteiger partial charge in [0, 0.05) is 68.4 Å². The number of hydrogen-bond donors (Lipinski definition) is 2. The maximum Gasteiger partial charge on any atom is 0.155 e. The lowest BCUT2D eigenvalue weighted by atomic mass is 9.90. The van der Waals surface area contributed by atoms with E-state index in [2.05, 4.69) is 63.2 Å². The minimum atomic E-state index is 0.0886. The molecular formula is C26H30N4O2. The van der Waals surface area contributed by atoms with Crippen molar-refractivity contribution in [3.8, 4) is 11.1 Å². The molecular weight excluding hydrogens is 400 g/mol. The van der Waals surface area contributed by atoms with Crippen molar-refractivity contribution >= 4 is 11.0 Å². The van der Waals surface area contributed by atoms with E-state index in [1.165, 1.54) is 5.56 Å². The Morgan fingerprint density at radius 2 is 1.91 bits per heavy atom. The van der Waals surface area contributed by atoms with E-state index < -0.39 is 0 Å². The zero-order valence-corrected chi connectivity index (χ0v) is 18.7. The average molecular weight is 431 g/mol. The first-order valence-electron chi connectivity index (χ1n) is 11.2. The van der Waals surface area contributed by atoms with Crippen molar-refractivity contribution in [3.63, 3.8) is 0 Å². The van der Waals surface area contributed by atoms with Crippen LogP contribution in [0.3, 0.4) is 0 Å². The molecule has 1 atom stereocenters. The molecule has 1 saturated heterocycles. The second-order valence-corrected chi connectivity index (χ2v) is 8.83. The van der Waals surface area contributed by atoms with E-state index in [1.54, 1.807) is 7.11 Å². The number of aliphatic hydroxyl groups is 1. The molecule has 1 aliphatic carbocycles. The Labute approximate surface area is 188 Å². The first-order chi connectivity index (χ1) is 15.6. The van der Waals surface area contributed by atoms with Crippen LogP contribution >= 0.6 is 0 Å². The highest BCUT2D eigenvalue weighted by Gasteiger charge is 2.21. The predicted octanol–water partition coefficient (Wildman–Crippen LogP) is 4.44. The Hall–Kier alpha value is -3.09. The third kappa shape index (κ3) is 4.16. The lowest BCUT2D eigenvalue weighted by molar-refractivity contribution is 0.148. The lowest BCUT2D eigenvalue weighted by Gasteiger charge is -2.32. The highest BCUT2D eigenvalue weighted by atomic mass is 16.5. The van der Waals surface area contributed by atoms with Crippen molar-refractivity contribution in [3.05, 3.63) is 77.5 Å². The lowest BCUT2D eigenvalue weighted by Crippen LogP contribution is -2.43. The van der Waals surface area contributed by atoms with E-state index in [1.807, 2.05) is 18.5 Å². The first-order valence-corrected chi connectivity index (χ1v) is 11.2. The van der Waals surface area contributed by atoms with Crippen LogP contribution in [0.5, 0.6) is 0 Å². The Kier molecular flexibility index (Phi) is 5.72. The Bertz CT molecular complexity index is 1150. The fraction of sp³-hybridized carbons (Fsp3) is 0.346. The summed E-state index contributed by atoms with van der Waals surface area (Å²) in [7, 11) is 3.77. The first kappa shape index (κ1) is 20.8. The standard InChI is InChI=1S/C26H30N4O2/c1-29-9-11-30(12-10-29)17-18-3-5-19(6-4-18)21-13-22-23(16-28-26(22)27-15-21)20-7-8-25(32-2)24(31)14-20/h3-8,13,15-16,20,31H,9-12,14,17H2,1-2H3,(H,27,28). The fourth-order valence-corrected chi connectivity index (χ4v) is 4.63. The number of allylic oxidation sites excluding steroid dienone is 3. The summed E-state index contributed by atoms with van der Waals surface area (Å²) in [5.41, 5.74) is 5.61. The smallest absolute Gasteiger partial charge is 0.155 e. The number of pyridine rings is 1. The third-order valence-corrected chi connectivity index (χ3v) is 6.65. The number of piperazine rings is 1. The second-order valence-electron chi connectivity index (χ2n) is 8.83. The number of nitrogens with zero attached hydrogens (tertiary/aromatic N) is 3. The maximum atomic E-state index is 10.3. The predicted molar refractivity (Wildman–Crippen MR) is 127 cm³/mol. The van der Waals surface area contributed by atoms with Crippen molar-refractivity contribution in [1.82, 2.24) is 19.8 Å². The monoisotopic (exact) mass is 430 g/mol. The van der Waals surface area contributed by atoms with E-state index in [9.17, 15) is 5.11 Å². The molecule has 1 fully saturated rings. The zero-order valence-electron chi connectivity index (χ0n) is 18.7. The third-order valence-electron chi connectivity index (χ3n) is 6.65. The molecule has 0 saturated carbocycles. The molecule has 1 unspecified atom stereocenters. The summed E-state index contributed by atoms with van der Waals surface area (Å²) < 4.78 is 5.21. The summed E-state index contributed by atoms with van der Waals surface area (Å²) in [5, 5.41) is 11.4. The van der Waals surface area contributed by atoms with Gasteiger partial charge < -0.3 is 19.7 Å². The average Bonchev–Trinajstić information content (AvgIpc) is 3.24. The normalized spacial score (nSPS) is 20.2. The van der Waals surface area contributed by atoms with E-state index in [0.29, 0.717) is 12.2 Å². The Morgan fingerprint density at radius 3 is 2.62 bits per heavy atom. The van der Waals surface area contributed by atoms with E-state index in [4.69, 9.17) is 4.74 Å². The van der Waals surface area contributed by atoms with Crippen LogP contribution in [-0.2, 0) is 11.3 Å². The van der Waals surface area contributed by atoms with E-state index >= 15 is 0 Å². The molecule has 5 rings (SSSR count). The number of likely N-dealkylation sites (N-methyl/N-ethyl adjacent to an activating group) is 1. The van der Waals surface area contributed by atoms with Gasteiger partial charge in [0.25, 0.3) is 0 Å². The van der Waals surface area contributed by atoms with E-state index in [0.717, 1.165) is 60.4 Å². The van der Waals surface area contributed by atoms with Crippen LogP contribution in [0.2, 0.25) is 0 Å².